The molecule has 9 heteroatoms. The summed E-state index contributed by atoms with van der Waals surface area (Å²) in [4.78, 5) is 40.1. The van der Waals surface area contributed by atoms with Crippen molar-refractivity contribution in [1.29, 1.82) is 0 Å². The Morgan fingerprint density at radius 1 is 1.31 bits per heavy atom. The van der Waals surface area contributed by atoms with Crippen LogP contribution in [0.4, 0.5) is 5.69 Å². The zero-order valence-corrected chi connectivity index (χ0v) is 19.3. The minimum absolute atomic E-state index is 0.214. The number of carbonyl (C=O) groups excluding carboxylic acids is 2. The van der Waals surface area contributed by atoms with Crippen molar-refractivity contribution in [3.8, 4) is 0 Å². The first kappa shape index (κ1) is 24.5. The number of benzene rings is 1. The maximum atomic E-state index is 13.6. The highest BCUT2D eigenvalue weighted by Crippen LogP contribution is 2.42. The smallest absolute Gasteiger partial charge is 0.323 e. The second kappa shape index (κ2) is 11.7. The Kier molecular flexibility index (Phi) is 8.95. The number of carboxylic acids is 1. The quantitative estimate of drug-likeness (QED) is 0.478. The molecule has 3 atom stereocenters. The number of amides is 1. The number of piperidine rings is 1. The van der Waals surface area contributed by atoms with Crippen molar-refractivity contribution in [3.05, 3.63) is 24.3 Å². The normalized spacial score (nSPS) is 22.7. The van der Waals surface area contributed by atoms with E-state index in [-0.39, 0.29) is 6.61 Å². The van der Waals surface area contributed by atoms with Crippen LogP contribution in [0.2, 0.25) is 0 Å². The molecule has 3 rings (SSSR count). The zero-order chi connectivity index (χ0) is 23.1. The number of aliphatic carboxylic acids is 1. The van der Waals surface area contributed by atoms with E-state index in [0.717, 1.165) is 43.7 Å². The molecule has 0 aromatic heterocycles. The van der Waals surface area contributed by atoms with Crippen LogP contribution in [0.1, 0.15) is 39.0 Å². The molecule has 1 unspecified atom stereocenters. The van der Waals surface area contributed by atoms with Gasteiger partial charge in [0.2, 0.25) is 5.91 Å². The lowest BCUT2D eigenvalue weighted by Crippen LogP contribution is -2.48. The van der Waals surface area contributed by atoms with E-state index in [2.05, 4.69) is 5.32 Å². The lowest BCUT2D eigenvalue weighted by Gasteiger charge is -2.31. The molecule has 32 heavy (non-hydrogen) atoms. The standard InChI is InChI=1S/C23H33N3O5S/c1-2-31-23(30)16(7-5-6-15-10-12-25-13-11-15)20-21(24)32-18-9-4-3-8-17(18)26(22(20)29)14-19(27)28/h3-4,8-9,15-16,20-21,25H,2,5-7,10-14,24H2,1H3,(H,27,28)/t16-,20+,21?/m1/s1. The van der Waals surface area contributed by atoms with E-state index < -0.39 is 41.6 Å². The number of anilines is 1. The van der Waals surface area contributed by atoms with Crippen molar-refractivity contribution in [1.82, 2.24) is 5.32 Å². The number of para-hydroxylation sites is 1. The van der Waals surface area contributed by atoms with Gasteiger partial charge in [-0.1, -0.05) is 25.0 Å². The van der Waals surface area contributed by atoms with Crippen LogP contribution < -0.4 is 16.0 Å². The number of fused-ring (bicyclic) bond motifs is 1. The summed E-state index contributed by atoms with van der Waals surface area (Å²) in [5, 5.41) is 12.1. The van der Waals surface area contributed by atoms with Crippen molar-refractivity contribution < 1.29 is 24.2 Å². The van der Waals surface area contributed by atoms with Gasteiger partial charge >= 0.3 is 11.9 Å². The highest BCUT2D eigenvalue weighted by molar-refractivity contribution is 8.00. The van der Waals surface area contributed by atoms with E-state index in [1.807, 2.05) is 12.1 Å². The Morgan fingerprint density at radius 3 is 2.72 bits per heavy atom. The number of thioether (sulfide) groups is 1. The van der Waals surface area contributed by atoms with Crippen molar-refractivity contribution in [2.24, 2.45) is 23.5 Å². The Morgan fingerprint density at radius 2 is 2.03 bits per heavy atom. The first-order valence-corrected chi connectivity index (χ1v) is 12.2. The first-order valence-electron chi connectivity index (χ1n) is 11.3. The van der Waals surface area contributed by atoms with E-state index in [9.17, 15) is 19.5 Å². The van der Waals surface area contributed by atoms with E-state index in [0.29, 0.717) is 18.0 Å². The lowest BCUT2D eigenvalue weighted by molar-refractivity contribution is -0.152. The number of hydrogen-bond acceptors (Lipinski definition) is 7. The molecule has 2 aliphatic heterocycles. The van der Waals surface area contributed by atoms with Crippen molar-refractivity contribution in [3.63, 3.8) is 0 Å². The molecule has 1 amide bonds. The summed E-state index contributed by atoms with van der Waals surface area (Å²) in [5.74, 6) is -2.95. The molecule has 0 saturated carbocycles. The van der Waals surface area contributed by atoms with E-state index in [1.165, 1.54) is 16.7 Å². The number of carbonyl (C=O) groups is 3. The maximum absolute atomic E-state index is 13.6. The van der Waals surface area contributed by atoms with Gasteiger partial charge in [-0.3, -0.25) is 19.3 Å². The van der Waals surface area contributed by atoms with Gasteiger partial charge in [0.1, 0.15) is 6.54 Å². The molecule has 4 N–H and O–H groups in total. The topological polar surface area (TPSA) is 122 Å². The molecule has 2 heterocycles. The molecule has 1 fully saturated rings. The first-order chi connectivity index (χ1) is 15.4. The van der Waals surface area contributed by atoms with Gasteiger partial charge in [-0.05, 0) is 57.3 Å². The number of nitrogens with one attached hydrogen (secondary N) is 1. The molecular formula is C23H33N3O5S. The van der Waals surface area contributed by atoms with Gasteiger partial charge in [0.15, 0.2) is 0 Å². The number of nitrogens with zero attached hydrogens (tertiary/aromatic N) is 1. The van der Waals surface area contributed by atoms with Crippen LogP contribution in [-0.4, -0.2) is 54.6 Å². The Bertz CT molecular complexity index is 815. The predicted molar refractivity (Wildman–Crippen MR) is 123 cm³/mol. The summed E-state index contributed by atoms with van der Waals surface area (Å²) in [6.07, 6.45) is 4.50. The second-order valence-electron chi connectivity index (χ2n) is 8.38. The minimum Gasteiger partial charge on any atom is -0.480 e. The average molecular weight is 464 g/mol. The van der Waals surface area contributed by atoms with Crippen LogP contribution in [0.25, 0.3) is 0 Å². The Hall–Kier alpha value is -2.10. The number of esters is 1. The SMILES string of the molecule is CCOC(=O)[C@H](CCCC1CCNCC1)[C@@H]1C(=O)N(CC(=O)O)c2ccccc2SC1N. The fraction of sp³-hybridized carbons (Fsp3) is 0.609. The number of rotatable bonds is 9. The lowest BCUT2D eigenvalue weighted by atomic mass is 9.84. The highest BCUT2D eigenvalue weighted by Gasteiger charge is 2.44. The number of nitrogens with two attached hydrogens (primary N) is 1. The van der Waals surface area contributed by atoms with Crippen molar-refractivity contribution in [2.75, 3.05) is 31.1 Å². The fourth-order valence-electron chi connectivity index (χ4n) is 4.63. The van der Waals surface area contributed by atoms with Gasteiger partial charge < -0.3 is 20.9 Å². The van der Waals surface area contributed by atoms with Crippen LogP contribution in [0.15, 0.2) is 29.2 Å². The maximum Gasteiger partial charge on any atom is 0.323 e. The van der Waals surface area contributed by atoms with E-state index in [4.69, 9.17) is 10.5 Å². The summed E-state index contributed by atoms with van der Waals surface area (Å²) in [5.41, 5.74) is 6.99. The Labute approximate surface area is 193 Å². The molecule has 1 saturated heterocycles. The summed E-state index contributed by atoms with van der Waals surface area (Å²) in [7, 11) is 0. The molecular weight excluding hydrogens is 430 g/mol. The second-order valence-corrected chi connectivity index (χ2v) is 9.60. The molecule has 0 bridgehead atoms. The van der Waals surface area contributed by atoms with Crippen LogP contribution in [0.3, 0.4) is 0 Å². The summed E-state index contributed by atoms with van der Waals surface area (Å²) in [6, 6.07) is 7.12. The molecule has 0 spiro atoms. The summed E-state index contributed by atoms with van der Waals surface area (Å²) >= 11 is 1.31. The van der Waals surface area contributed by atoms with Gasteiger partial charge in [0, 0.05) is 4.90 Å². The van der Waals surface area contributed by atoms with Gasteiger partial charge in [-0.2, -0.15) is 0 Å². The van der Waals surface area contributed by atoms with Gasteiger partial charge in [0.05, 0.1) is 29.5 Å². The zero-order valence-electron chi connectivity index (χ0n) is 18.5. The molecule has 0 radical (unpaired) electrons. The van der Waals surface area contributed by atoms with E-state index >= 15 is 0 Å². The third kappa shape index (κ3) is 6.02. The van der Waals surface area contributed by atoms with Crippen LogP contribution >= 0.6 is 11.8 Å². The minimum atomic E-state index is -1.12. The number of ether oxygens (including phenoxy) is 1. The molecule has 1 aromatic carbocycles. The largest absolute Gasteiger partial charge is 0.480 e. The predicted octanol–water partition coefficient (Wildman–Crippen LogP) is 2.46. The van der Waals surface area contributed by atoms with E-state index in [1.54, 1.807) is 19.1 Å². The molecule has 1 aromatic rings. The fourth-order valence-corrected chi connectivity index (χ4v) is 5.83. The molecule has 176 valence electrons. The van der Waals surface area contributed by atoms with Crippen LogP contribution in [0.5, 0.6) is 0 Å². The number of carboxylic acid groups (broad SMARTS) is 1. The van der Waals surface area contributed by atoms with Gasteiger partial charge in [-0.25, -0.2) is 0 Å². The van der Waals surface area contributed by atoms with Crippen molar-refractivity contribution in [2.45, 2.75) is 49.3 Å². The third-order valence-corrected chi connectivity index (χ3v) is 7.39. The molecule has 8 nitrogen and oxygen atoms in total. The molecule has 0 aliphatic carbocycles. The monoisotopic (exact) mass is 463 g/mol. The Balaban J connectivity index is 1.85. The van der Waals surface area contributed by atoms with Gasteiger partial charge in [0.25, 0.3) is 0 Å². The van der Waals surface area contributed by atoms with Crippen molar-refractivity contribution >= 4 is 35.3 Å². The highest BCUT2D eigenvalue weighted by atomic mass is 32.2. The molecule has 2 aliphatic rings. The van der Waals surface area contributed by atoms with Crippen LogP contribution in [0, 0.1) is 17.8 Å². The third-order valence-electron chi connectivity index (χ3n) is 6.23. The van der Waals surface area contributed by atoms with Crippen LogP contribution in [-0.2, 0) is 19.1 Å². The average Bonchev–Trinajstić information content (AvgIpc) is 2.86. The summed E-state index contributed by atoms with van der Waals surface area (Å²) in [6.45, 7) is 3.49. The van der Waals surface area contributed by atoms with Gasteiger partial charge in [-0.15, -0.1) is 11.8 Å². The summed E-state index contributed by atoms with van der Waals surface area (Å²) < 4.78 is 5.33. The number of hydrogen-bond donors (Lipinski definition) is 3.